The molecule has 12 heavy (non-hydrogen) atoms. The summed E-state index contributed by atoms with van der Waals surface area (Å²) in [6.45, 7) is -0.0515. The number of aliphatic hydroxyl groups excluding tert-OH is 1. The zero-order valence-electron chi connectivity index (χ0n) is 6.88. The van der Waals surface area contributed by atoms with E-state index in [2.05, 4.69) is 0 Å². The number of hydrogen-bond donors (Lipinski definition) is 1. The molecule has 1 N–H and O–H groups in total. The van der Waals surface area contributed by atoms with Crippen LogP contribution in [0.15, 0.2) is 18.2 Å². The molecular formula is C9H11FO2. The van der Waals surface area contributed by atoms with Gasteiger partial charge in [0, 0.05) is 6.61 Å². The van der Waals surface area contributed by atoms with Crippen LogP contribution in [-0.2, 0) is 6.42 Å². The standard InChI is InChI=1S/C9H11FO2/c1-12-8-4-2-3-7(5-6-11)9(8)10/h2-4,11H,5-6H2,1H3. The summed E-state index contributed by atoms with van der Waals surface area (Å²) in [6, 6.07) is 4.89. The fourth-order valence-corrected chi connectivity index (χ4v) is 1.03. The van der Waals surface area contributed by atoms with Crippen LogP contribution < -0.4 is 4.74 Å². The summed E-state index contributed by atoms with van der Waals surface area (Å²) in [7, 11) is 1.42. The van der Waals surface area contributed by atoms with Gasteiger partial charge in [-0.3, -0.25) is 0 Å². The average molecular weight is 170 g/mol. The third-order valence-electron chi connectivity index (χ3n) is 1.64. The number of rotatable bonds is 3. The maximum atomic E-state index is 13.2. The Labute approximate surface area is 70.6 Å². The van der Waals surface area contributed by atoms with E-state index in [4.69, 9.17) is 9.84 Å². The van der Waals surface area contributed by atoms with Gasteiger partial charge in [-0.25, -0.2) is 4.39 Å². The minimum absolute atomic E-state index is 0.0515. The maximum absolute atomic E-state index is 13.2. The Kier molecular flexibility index (Phi) is 3.05. The number of aliphatic hydroxyl groups is 1. The summed E-state index contributed by atoms with van der Waals surface area (Å²) >= 11 is 0. The van der Waals surface area contributed by atoms with E-state index in [1.54, 1.807) is 18.2 Å². The minimum Gasteiger partial charge on any atom is -0.494 e. The Balaban J connectivity index is 2.97. The van der Waals surface area contributed by atoms with E-state index in [0.717, 1.165) is 0 Å². The van der Waals surface area contributed by atoms with Gasteiger partial charge in [0.1, 0.15) is 0 Å². The monoisotopic (exact) mass is 170 g/mol. The van der Waals surface area contributed by atoms with Gasteiger partial charge >= 0.3 is 0 Å². The zero-order valence-corrected chi connectivity index (χ0v) is 6.88. The van der Waals surface area contributed by atoms with Crippen LogP contribution in [0.1, 0.15) is 5.56 Å². The van der Waals surface area contributed by atoms with Crippen molar-refractivity contribution >= 4 is 0 Å². The summed E-state index contributed by atoms with van der Waals surface area (Å²) in [5, 5.41) is 8.60. The third kappa shape index (κ3) is 1.74. The highest BCUT2D eigenvalue weighted by Crippen LogP contribution is 2.19. The fourth-order valence-electron chi connectivity index (χ4n) is 1.03. The van der Waals surface area contributed by atoms with Crippen LogP contribution in [-0.4, -0.2) is 18.8 Å². The van der Waals surface area contributed by atoms with Gasteiger partial charge in [-0.15, -0.1) is 0 Å². The highest BCUT2D eigenvalue weighted by atomic mass is 19.1. The molecule has 0 aliphatic rings. The van der Waals surface area contributed by atoms with Crippen molar-refractivity contribution in [2.75, 3.05) is 13.7 Å². The van der Waals surface area contributed by atoms with Crippen LogP contribution in [0.25, 0.3) is 0 Å². The van der Waals surface area contributed by atoms with Crippen molar-refractivity contribution in [1.29, 1.82) is 0 Å². The highest BCUT2D eigenvalue weighted by Gasteiger charge is 2.06. The molecule has 0 spiro atoms. The lowest BCUT2D eigenvalue weighted by atomic mass is 10.1. The highest BCUT2D eigenvalue weighted by molar-refractivity contribution is 5.31. The lowest BCUT2D eigenvalue weighted by Gasteiger charge is -2.05. The van der Waals surface area contributed by atoms with Gasteiger partial charge in [0.2, 0.25) is 0 Å². The van der Waals surface area contributed by atoms with Crippen molar-refractivity contribution in [3.8, 4) is 5.75 Å². The summed E-state index contributed by atoms with van der Waals surface area (Å²) in [5.41, 5.74) is 0.483. The smallest absolute Gasteiger partial charge is 0.168 e. The van der Waals surface area contributed by atoms with Crippen LogP contribution in [0.5, 0.6) is 5.75 Å². The van der Waals surface area contributed by atoms with E-state index in [0.29, 0.717) is 12.0 Å². The van der Waals surface area contributed by atoms with Crippen molar-refractivity contribution < 1.29 is 14.2 Å². The van der Waals surface area contributed by atoms with Crippen LogP contribution in [0, 0.1) is 5.82 Å². The first-order valence-electron chi connectivity index (χ1n) is 3.72. The molecule has 2 nitrogen and oxygen atoms in total. The molecule has 1 aromatic carbocycles. The van der Waals surface area contributed by atoms with Gasteiger partial charge in [0.25, 0.3) is 0 Å². The van der Waals surface area contributed by atoms with E-state index in [1.165, 1.54) is 7.11 Å². The molecule has 0 heterocycles. The Bertz CT molecular complexity index is 261. The van der Waals surface area contributed by atoms with Crippen molar-refractivity contribution in [2.24, 2.45) is 0 Å². The first kappa shape index (κ1) is 9.00. The van der Waals surface area contributed by atoms with Crippen LogP contribution in [0.4, 0.5) is 4.39 Å². The molecule has 1 rings (SSSR count). The molecule has 0 fully saturated rings. The van der Waals surface area contributed by atoms with Gasteiger partial charge < -0.3 is 9.84 Å². The summed E-state index contributed by atoms with van der Waals surface area (Å²) in [5.74, 6) is -0.157. The number of hydrogen-bond acceptors (Lipinski definition) is 2. The molecule has 0 aromatic heterocycles. The van der Waals surface area contributed by atoms with Crippen LogP contribution in [0.3, 0.4) is 0 Å². The molecule has 0 saturated carbocycles. The Hall–Kier alpha value is -1.09. The van der Waals surface area contributed by atoms with Gasteiger partial charge in [0.15, 0.2) is 11.6 Å². The first-order valence-corrected chi connectivity index (χ1v) is 3.72. The summed E-state index contributed by atoms with van der Waals surface area (Å²) < 4.78 is 18.0. The Morgan fingerprint density at radius 3 is 2.83 bits per heavy atom. The zero-order chi connectivity index (χ0) is 8.97. The predicted octanol–water partition coefficient (Wildman–Crippen LogP) is 1.37. The second-order valence-corrected chi connectivity index (χ2v) is 2.41. The molecule has 0 atom stereocenters. The second-order valence-electron chi connectivity index (χ2n) is 2.41. The largest absolute Gasteiger partial charge is 0.494 e. The lowest BCUT2D eigenvalue weighted by Crippen LogP contribution is -1.97. The molecular weight excluding hydrogens is 159 g/mol. The van der Waals surface area contributed by atoms with E-state index in [-0.39, 0.29) is 18.2 Å². The van der Waals surface area contributed by atoms with Crippen LogP contribution >= 0.6 is 0 Å². The van der Waals surface area contributed by atoms with Gasteiger partial charge in [-0.05, 0) is 18.1 Å². The number of halogens is 1. The molecule has 0 saturated heterocycles. The Morgan fingerprint density at radius 2 is 2.25 bits per heavy atom. The Morgan fingerprint density at radius 1 is 1.50 bits per heavy atom. The van der Waals surface area contributed by atoms with Gasteiger partial charge in [-0.2, -0.15) is 0 Å². The van der Waals surface area contributed by atoms with E-state index < -0.39 is 0 Å². The molecule has 0 amide bonds. The van der Waals surface area contributed by atoms with Crippen molar-refractivity contribution in [3.63, 3.8) is 0 Å². The van der Waals surface area contributed by atoms with Crippen molar-refractivity contribution in [1.82, 2.24) is 0 Å². The van der Waals surface area contributed by atoms with Crippen molar-refractivity contribution in [3.05, 3.63) is 29.6 Å². The average Bonchev–Trinajstić information content (AvgIpc) is 2.09. The molecule has 0 bridgehead atoms. The van der Waals surface area contributed by atoms with E-state index in [1.807, 2.05) is 0 Å². The minimum atomic E-state index is -0.381. The SMILES string of the molecule is COc1cccc(CCO)c1F. The quantitative estimate of drug-likeness (QED) is 0.742. The summed E-state index contributed by atoms with van der Waals surface area (Å²) in [4.78, 5) is 0. The third-order valence-corrected chi connectivity index (χ3v) is 1.64. The molecule has 1 aromatic rings. The molecule has 0 aliphatic carbocycles. The predicted molar refractivity (Wildman–Crippen MR) is 43.7 cm³/mol. The van der Waals surface area contributed by atoms with Gasteiger partial charge in [-0.1, -0.05) is 12.1 Å². The maximum Gasteiger partial charge on any atom is 0.168 e. The molecule has 66 valence electrons. The molecule has 0 aliphatic heterocycles. The van der Waals surface area contributed by atoms with Gasteiger partial charge in [0.05, 0.1) is 7.11 Å². The number of methoxy groups -OCH3 is 1. The first-order chi connectivity index (χ1) is 5.79. The molecule has 0 radical (unpaired) electrons. The van der Waals surface area contributed by atoms with E-state index in [9.17, 15) is 4.39 Å². The number of benzene rings is 1. The number of ether oxygens (including phenoxy) is 1. The second kappa shape index (κ2) is 4.07. The fraction of sp³-hybridized carbons (Fsp3) is 0.333. The van der Waals surface area contributed by atoms with E-state index >= 15 is 0 Å². The lowest BCUT2D eigenvalue weighted by molar-refractivity contribution is 0.296. The molecule has 0 unspecified atom stereocenters. The topological polar surface area (TPSA) is 29.5 Å². The molecule has 3 heteroatoms. The summed E-state index contributed by atoms with van der Waals surface area (Å²) in [6.07, 6.45) is 0.322. The van der Waals surface area contributed by atoms with Crippen LogP contribution in [0.2, 0.25) is 0 Å². The van der Waals surface area contributed by atoms with Crippen molar-refractivity contribution in [2.45, 2.75) is 6.42 Å². The normalized spacial score (nSPS) is 9.92.